The fourth-order valence-corrected chi connectivity index (χ4v) is 5.82. The molecule has 42 heavy (non-hydrogen) atoms. The van der Waals surface area contributed by atoms with Crippen molar-refractivity contribution in [3.05, 3.63) is 116 Å². The first-order valence-electron chi connectivity index (χ1n) is 14.8. The van der Waals surface area contributed by atoms with E-state index in [4.69, 9.17) is 5.73 Å². The molecule has 7 rings (SSSR count). The van der Waals surface area contributed by atoms with E-state index in [0.717, 1.165) is 51.6 Å². The van der Waals surface area contributed by atoms with Crippen LogP contribution in [0.25, 0.3) is 21.8 Å². The number of carbonyl (C=O) groups is 1. The molecular weight excluding hydrogens is 524 g/mol. The van der Waals surface area contributed by atoms with E-state index >= 15 is 0 Å². The predicted octanol–water partition coefficient (Wildman–Crippen LogP) is 6.63. The molecule has 214 valence electrons. The number of nitrogens with two attached hydrogens (primary N) is 1. The van der Waals surface area contributed by atoms with Crippen molar-refractivity contribution < 1.29 is 4.79 Å². The van der Waals surface area contributed by atoms with Gasteiger partial charge in [-0.2, -0.15) is 0 Å². The van der Waals surface area contributed by atoms with Gasteiger partial charge in [-0.25, -0.2) is 0 Å². The maximum absolute atomic E-state index is 12.4. The Labute approximate surface area is 244 Å². The lowest BCUT2D eigenvalue weighted by molar-refractivity contribution is 0.102. The summed E-state index contributed by atoms with van der Waals surface area (Å²) in [5, 5.41) is 5.17. The minimum absolute atomic E-state index is 0.0537. The zero-order valence-electron chi connectivity index (χ0n) is 24.1. The standard InChI is InChI=1S/C21H20N2O2.C14H16N2O/c1-2-23-19-11-10-16(22-21(25)15-6-4-3-5-7-15)12-18(19)17(13-20(23)24)14-8-9-14;1-2-16-13-6-5-10(15)7-12(13)11(8-14(16)17)9-3-4-9/h3-7,10-14H,2,8-9H2,1H3,(H,22,25);5-9H,2-4,15H2,1H3. The molecule has 2 fully saturated rings. The predicted molar refractivity (Wildman–Crippen MR) is 171 cm³/mol. The zero-order chi connectivity index (χ0) is 29.4. The number of nitrogens with one attached hydrogen (secondary N) is 1. The average Bonchev–Trinajstić information content (AvgIpc) is 3.92. The summed E-state index contributed by atoms with van der Waals surface area (Å²) >= 11 is 0. The van der Waals surface area contributed by atoms with Crippen LogP contribution in [0, 0.1) is 0 Å². The van der Waals surface area contributed by atoms with Gasteiger partial charge in [0.1, 0.15) is 0 Å². The van der Waals surface area contributed by atoms with Crippen LogP contribution in [0.4, 0.5) is 11.4 Å². The summed E-state index contributed by atoms with van der Waals surface area (Å²) in [5.41, 5.74) is 12.4. The van der Waals surface area contributed by atoms with E-state index in [1.807, 2.05) is 68.4 Å². The van der Waals surface area contributed by atoms with Crippen molar-refractivity contribution in [2.45, 2.75) is 64.5 Å². The van der Waals surface area contributed by atoms with Gasteiger partial charge < -0.3 is 20.2 Å². The Morgan fingerprint density at radius 1 is 0.738 bits per heavy atom. The van der Waals surface area contributed by atoms with Gasteiger partial charge in [0, 0.05) is 52.9 Å². The molecular formula is C35H36N4O3. The quantitative estimate of drug-likeness (QED) is 0.228. The number of pyridine rings is 2. The SMILES string of the molecule is CCn1c(=O)cc(C2CC2)c2cc(N)ccc21.CCn1c(=O)cc(C2CC2)c2cc(NC(=O)c3ccccc3)ccc21. The second-order valence-electron chi connectivity index (χ2n) is 11.2. The van der Waals surface area contributed by atoms with Crippen LogP contribution in [0.15, 0.2) is 88.5 Å². The molecule has 0 aliphatic heterocycles. The molecule has 7 nitrogen and oxygen atoms in total. The molecule has 0 radical (unpaired) electrons. The third kappa shape index (κ3) is 5.47. The monoisotopic (exact) mass is 560 g/mol. The van der Waals surface area contributed by atoms with Crippen LogP contribution in [-0.4, -0.2) is 15.0 Å². The number of carbonyl (C=O) groups excluding carboxylic acids is 1. The minimum Gasteiger partial charge on any atom is -0.399 e. The van der Waals surface area contributed by atoms with Crippen molar-refractivity contribution in [1.29, 1.82) is 0 Å². The molecule has 1 amide bonds. The largest absolute Gasteiger partial charge is 0.399 e. The number of aryl methyl sites for hydroxylation is 2. The summed E-state index contributed by atoms with van der Waals surface area (Å²) in [6.07, 6.45) is 4.65. The van der Waals surface area contributed by atoms with Gasteiger partial charge in [0.25, 0.3) is 17.0 Å². The Morgan fingerprint density at radius 3 is 1.79 bits per heavy atom. The number of amides is 1. The highest BCUT2D eigenvalue weighted by molar-refractivity contribution is 6.05. The van der Waals surface area contributed by atoms with Gasteiger partial charge in [0.15, 0.2) is 0 Å². The van der Waals surface area contributed by atoms with Crippen LogP contribution in [0.2, 0.25) is 0 Å². The van der Waals surface area contributed by atoms with Crippen molar-refractivity contribution in [3.63, 3.8) is 0 Å². The molecule has 2 aliphatic rings. The zero-order valence-corrected chi connectivity index (χ0v) is 24.1. The topological polar surface area (TPSA) is 99.1 Å². The lowest BCUT2D eigenvalue weighted by Gasteiger charge is -2.14. The van der Waals surface area contributed by atoms with E-state index in [9.17, 15) is 14.4 Å². The van der Waals surface area contributed by atoms with E-state index in [1.54, 1.807) is 33.4 Å². The Morgan fingerprint density at radius 2 is 1.26 bits per heavy atom. The molecule has 3 N–H and O–H groups in total. The number of nitrogens with zero attached hydrogens (tertiary/aromatic N) is 2. The number of benzene rings is 3. The summed E-state index contributed by atoms with van der Waals surface area (Å²) in [6, 6.07) is 24.4. The molecule has 2 aliphatic carbocycles. The maximum atomic E-state index is 12.4. The highest BCUT2D eigenvalue weighted by Crippen LogP contribution is 2.43. The van der Waals surface area contributed by atoms with Crippen LogP contribution < -0.4 is 22.2 Å². The molecule has 2 heterocycles. The van der Waals surface area contributed by atoms with Crippen LogP contribution in [0.1, 0.15) is 72.9 Å². The second kappa shape index (κ2) is 11.3. The summed E-state index contributed by atoms with van der Waals surface area (Å²) in [7, 11) is 0. The summed E-state index contributed by atoms with van der Waals surface area (Å²) in [6.45, 7) is 5.30. The summed E-state index contributed by atoms with van der Waals surface area (Å²) in [5.74, 6) is 0.914. The van der Waals surface area contributed by atoms with Crippen LogP contribution >= 0.6 is 0 Å². The van der Waals surface area contributed by atoms with Gasteiger partial charge in [0.2, 0.25) is 0 Å². The first kappa shape index (κ1) is 27.5. The van der Waals surface area contributed by atoms with Crippen LogP contribution in [0.3, 0.4) is 0 Å². The third-order valence-electron chi connectivity index (χ3n) is 8.27. The van der Waals surface area contributed by atoms with Crippen molar-refractivity contribution in [2.75, 3.05) is 11.1 Å². The first-order chi connectivity index (χ1) is 20.4. The van der Waals surface area contributed by atoms with E-state index in [-0.39, 0.29) is 17.0 Å². The van der Waals surface area contributed by atoms with Gasteiger partial charge in [-0.3, -0.25) is 14.4 Å². The van der Waals surface area contributed by atoms with Crippen molar-refractivity contribution in [1.82, 2.24) is 9.13 Å². The Kier molecular flexibility index (Phi) is 7.42. The lowest BCUT2D eigenvalue weighted by Crippen LogP contribution is -2.20. The number of hydrogen-bond acceptors (Lipinski definition) is 4. The van der Waals surface area contributed by atoms with E-state index in [1.165, 1.54) is 18.4 Å². The average molecular weight is 561 g/mol. The molecule has 0 bridgehead atoms. The van der Waals surface area contributed by atoms with Gasteiger partial charge >= 0.3 is 0 Å². The molecule has 0 saturated heterocycles. The van der Waals surface area contributed by atoms with Gasteiger partial charge in [-0.05, 0) is 111 Å². The van der Waals surface area contributed by atoms with Crippen molar-refractivity contribution in [2.24, 2.45) is 0 Å². The number of fused-ring (bicyclic) bond motifs is 2. The third-order valence-corrected chi connectivity index (χ3v) is 8.27. The van der Waals surface area contributed by atoms with Crippen LogP contribution in [0.5, 0.6) is 0 Å². The molecule has 5 aromatic rings. The number of anilines is 2. The molecule has 0 unspecified atom stereocenters. The molecule has 2 saturated carbocycles. The highest BCUT2D eigenvalue weighted by Gasteiger charge is 2.27. The second-order valence-corrected chi connectivity index (χ2v) is 11.2. The van der Waals surface area contributed by atoms with E-state index < -0.39 is 0 Å². The van der Waals surface area contributed by atoms with E-state index in [0.29, 0.717) is 30.5 Å². The maximum Gasteiger partial charge on any atom is 0.255 e. The van der Waals surface area contributed by atoms with Crippen molar-refractivity contribution >= 4 is 39.1 Å². The Hall–Kier alpha value is -4.65. The van der Waals surface area contributed by atoms with Gasteiger partial charge in [-0.1, -0.05) is 18.2 Å². The van der Waals surface area contributed by atoms with E-state index in [2.05, 4.69) is 5.32 Å². The lowest BCUT2D eigenvalue weighted by atomic mass is 10.0. The smallest absolute Gasteiger partial charge is 0.255 e. The molecule has 2 aromatic heterocycles. The normalized spacial score (nSPS) is 14.4. The molecule has 3 aromatic carbocycles. The molecule has 7 heteroatoms. The highest BCUT2D eigenvalue weighted by atomic mass is 16.2. The minimum atomic E-state index is -0.128. The Bertz CT molecular complexity index is 1920. The van der Waals surface area contributed by atoms with Gasteiger partial charge in [0.05, 0.1) is 11.0 Å². The van der Waals surface area contributed by atoms with Crippen LogP contribution in [-0.2, 0) is 13.1 Å². The number of nitrogen functional groups attached to an aromatic ring is 1. The van der Waals surface area contributed by atoms with Crippen molar-refractivity contribution in [3.8, 4) is 0 Å². The fourth-order valence-electron chi connectivity index (χ4n) is 5.82. The number of aromatic nitrogens is 2. The first-order valence-corrected chi connectivity index (χ1v) is 14.8. The molecule has 0 atom stereocenters. The fraction of sp³-hybridized carbons (Fsp3) is 0.286. The number of hydrogen-bond donors (Lipinski definition) is 2. The summed E-state index contributed by atoms with van der Waals surface area (Å²) in [4.78, 5) is 36.8. The summed E-state index contributed by atoms with van der Waals surface area (Å²) < 4.78 is 3.59. The number of rotatable bonds is 6. The Balaban J connectivity index is 0.000000162. The van der Waals surface area contributed by atoms with Gasteiger partial charge in [-0.15, -0.1) is 0 Å². The molecule has 0 spiro atoms.